The summed E-state index contributed by atoms with van der Waals surface area (Å²) >= 11 is 7.80. The van der Waals surface area contributed by atoms with E-state index in [1.165, 1.54) is 26.6 Å². The summed E-state index contributed by atoms with van der Waals surface area (Å²) in [5.41, 5.74) is 4.62. The van der Waals surface area contributed by atoms with Crippen LogP contribution in [0, 0.1) is 13.8 Å². The van der Waals surface area contributed by atoms with Crippen molar-refractivity contribution in [2.75, 3.05) is 0 Å². The van der Waals surface area contributed by atoms with Gasteiger partial charge in [0.15, 0.2) is 0 Å². The molecule has 0 saturated carbocycles. The third-order valence-corrected chi connectivity index (χ3v) is 4.83. The smallest absolute Gasteiger partial charge is 0.126 e. The first-order valence-electron chi connectivity index (χ1n) is 6.11. The van der Waals surface area contributed by atoms with Crippen LogP contribution in [-0.2, 0) is 0 Å². The molecule has 4 rings (SSSR count). The number of benzene rings is 1. The molecule has 0 saturated heterocycles. The summed E-state index contributed by atoms with van der Waals surface area (Å²) in [5.74, 6) is 0. The van der Waals surface area contributed by atoms with Crippen LogP contribution in [0.3, 0.4) is 0 Å². The summed E-state index contributed by atoms with van der Waals surface area (Å²) < 4.78 is 1.27. The van der Waals surface area contributed by atoms with Crippen molar-refractivity contribution in [3.63, 3.8) is 0 Å². The van der Waals surface area contributed by atoms with Gasteiger partial charge in [-0.2, -0.15) is 0 Å². The molecule has 0 amide bonds. The Bertz CT molecular complexity index is 949. The fraction of sp³-hybridized carbons (Fsp3) is 0.133. The Morgan fingerprint density at radius 1 is 1.21 bits per heavy atom. The largest absolute Gasteiger partial charge is 0.353 e. The first-order chi connectivity index (χ1) is 9.13. The minimum absolute atomic E-state index is 0.761. The lowest BCUT2D eigenvalue weighted by atomic mass is 10.1. The molecule has 0 radical (unpaired) electrons. The molecule has 0 bridgehead atoms. The third kappa shape index (κ3) is 1.52. The third-order valence-electron chi connectivity index (χ3n) is 3.47. The molecule has 0 spiro atoms. The predicted octanol–water partition coefficient (Wildman–Crippen LogP) is 5.20. The van der Waals surface area contributed by atoms with E-state index in [1.807, 2.05) is 19.1 Å². The zero-order chi connectivity index (χ0) is 13.1. The number of hydrogen-bond donors (Lipinski definition) is 1. The van der Waals surface area contributed by atoms with Crippen LogP contribution in [0.4, 0.5) is 0 Å². The van der Waals surface area contributed by atoms with E-state index in [9.17, 15) is 0 Å². The zero-order valence-corrected chi connectivity index (χ0v) is 12.1. The first-order valence-corrected chi connectivity index (χ1v) is 7.30. The molecule has 0 aliphatic carbocycles. The van der Waals surface area contributed by atoms with Gasteiger partial charge in [0.25, 0.3) is 0 Å². The molecule has 1 N–H and O–H groups in total. The van der Waals surface area contributed by atoms with Crippen molar-refractivity contribution in [3.8, 4) is 0 Å². The SMILES string of the molecule is Cc1cc(C)c2c(n1)sc1c3ccc(Cl)cc3[nH]c12. The standard InChI is InChI=1S/C15H11ClN2S/c1-7-5-8(2)17-15-12(7)13-14(19-15)10-4-3-9(16)6-11(10)18-13/h3-6,18H,1-2H3. The number of nitrogens with one attached hydrogen (secondary N) is 1. The lowest BCUT2D eigenvalue weighted by Crippen LogP contribution is -1.83. The monoisotopic (exact) mass is 286 g/mol. The number of rotatable bonds is 0. The molecule has 4 heteroatoms. The summed E-state index contributed by atoms with van der Waals surface area (Å²) in [4.78, 5) is 9.24. The van der Waals surface area contributed by atoms with Gasteiger partial charge in [-0.25, -0.2) is 4.98 Å². The quantitative estimate of drug-likeness (QED) is 0.473. The van der Waals surface area contributed by atoms with Gasteiger partial charge in [-0.15, -0.1) is 11.3 Å². The Morgan fingerprint density at radius 3 is 2.89 bits per heavy atom. The maximum Gasteiger partial charge on any atom is 0.126 e. The van der Waals surface area contributed by atoms with E-state index in [4.69, 9.17) is 11.6 Å². The highest BCUT2D eigenvalue weighted by molar-refractivity contribution is 7.26. The molecule has 0 unspecified atom stereocenters. The van der Waals surface area contributed by atoms with Gasteiger partial charge >= 0.3 is 0 Å². The van der Waals surface area contributed by atoms with Crippen molar-refractivity contribution >= 4 is 54.3 Å². The molecule has 4 aromatic rings. The fourth-order valence-corrected chi connectivity index (χ4v) is 4.17. The Balaban J connectivity index is 2.26. The van der Waals surface area contributed by atoms with Crippen LogP contribution in [0.1, 0.15) is 11.3 Å². The highest BCUT2D eigenvalue weighted by atomic mass is 35.5. The number of aryl methyl sites for hydroxylation is 2. The first kappa shape index (κ1) is 11.3. The van der Waals surface area contributed by atoms with E-state index in [2.05, 4.69) is 29.0 Å². The highest BCUT2D eigenvalue weighted by Gasteiger charge is 2.14. The number of aromatic amines is 1. The number of pyridine rings is 1. The average molecular weight is 287 g/mol. The number of H-pyrrole nitrogens is 1. The fourth-order valence-electron chi connectivity index (χ4n) is 2.70. The van der Waals surface area contributed by atoms with E-state index in [0.717, 1.165) is 21.1 Å². The average Bonchev–Trinajstić information content (AvgIpc) is 2.82. The van der Waals surface area contributed by atoms with Gasteiger partial charge in [0.05, 0.1) is 10.2 Å². The van der Waals surface area contributed by atoms with Gasteiger partial charge in [-0.1, -0.05) is 11.6 Å². The van der Waals surface area contributed by atoms with E-state index >= 15 is 0 Å². The lowest BCUT2D eigenvalue weighted by molar-refractivity contribution is 1.25. The van der Waals surface area contributed by atoms with Crippen LogP contribution in [0.15, 0.2) is 24.3 Å². The minimum atomic E-state index is 0.761. The summed E-state index contributed by atoms with van der Waals surface area (Å²) in [6, 6.07) is 8.13. The molecule has 0 fully saturated rings. The van der Waals surface area contributed by atoms with Crippen LogP contribution < -0.4 is 0 Å². The van der Waals surface area contributed by atoms with Crippen molar-refractivity contribution in [2.45, 2.75) is 13.8 Å². The van der Waals surface area contributed by atoms with Gasteiger partial charge < -0.3 is 4.98 Å². The molecule has 2 nitrogen and oxygen atoms in total. The van der Waals surface area contributed by atoms with Gasteiger partial charge in [0.1, 0.15) is 4.83 Å². The zero-order valence-electron chi connectivity index (χ0n) is 10.5. The van der Waals surface area contributed by atoms with Gasteiger partial charge in [-0.3, -0.25) is 0 Å². The van der Waals surface area contributed by atoms with Crippen LogP contribution in [0.25, 0.3) is 31.3 Å². The van der Waals surface area contributed by atoms with Gasteiger partial charge in [0, 0.05) is 27.0 Å². The van der Waals surface area contributed by atoms with Crippen LogP contribution in [0.2, 0.25) is 5.02 Å². The second-order valence-corrected chi connectivity index (χ2v) is 6.32. The predicted molar refractivity (Wildman–Crippen MR) is 83.5 cm³/mol. The molecule has 1 aromatic carbocycles. The summed E-state index contributed by atoms with van der Waals surface area (Å²) in [6.07, 6.45) is 0. The van der Waals surface area contributed by atoms with Gasteiger partial charge in [0.2, 0.25) is 0 Å². The number of halogens is 1. The molecule has 3 heterocycles. The van der Waals surface area contributed by atoms with E-state index in [-0.39, 0.29) is 0 Å². The maximum absolute atomic E-state index is 6.05. The summed E-state index contributed by atoms with van der Waals surface area (Å²) in [7, 11) is 0. The number of hydrogen-bond acceptors (Lipinski definition) is 2. The van der Waals surface area contributed by atoms with E-state index < -0.39 is 0 Å². The van der Waals surface area contributed by atoms with Crippen molar-refractivity contribution in [1.82, 2.24) is 9.97 Å². The number of nitrogens with zero attached hydrogens (tertiary/aromatic N) is 1. The minimum Gasteiger partial charge on any atom is -0.353 e. The van der Waals surface area contributed by atoms with E-state index in [1.54, 1.807) is 11.3 Å². The van der Waals surface area contributed by atoms with Crippen molar-refractivity contribution in [3.05, 3.63) is 40.5 Å². The molecule has 0 aliphatic rings. The van der Waals surface area contributed by atoms with Crippen LogP contribution in [-0.4, -0.2) is 9.97 Å². The number of fused-ring (bicyclic) bond motifs is 5. The molecular weight excluding hydrogens is 276 g/mol. The Kier molecular flexibility index (Phi) is 2.20. The Hall–Kier alpha value is -1.58. The second kappa shape index (κ2) is 3.71. The van der Waals surface area contributed by atoms with Gasteiger partial charge in [-0.05, 0) is 43.7 Å². The highest BCUT2D eigenvalue weighted by Crippen LogP contribution is 2.39. The topological polar surface area (TPSA) is 28.7 Å². The van der Waals surface area contributed by atoms with Crippen LogP contribution in [0.5, 0.6) is 0 Å². The van der Waals surface area contributed by atoms with Crippen LogP contribution >= 0.6 is 22.9 Å². The lowest BCUT2D eigenvalue weighted by Gasteiger charge is -1.98. The molecule has 94 valence electrons. The normalized spacial score (nSPS) is 11.9. The maximum atomic E-state index is 6.05. The molecule has 19 heavy (non-hydrogen) atoms. The molecular formula is C15H11ClN2S. The number of aromatic nitrogens is 2. The van der Waals surface area contributed by atoms with E-state index in [0.29, 0.717) is 0 Å². The molecule has 0 aliphatic heterocycles. The second-order valence-electron chi connectivity index (χ2n) is 4.88. The van der Waals surface area contributed by atoms with Crippen molar-refractivity contribution in [2.24, 2.45) is 0 Å². The van der Waals surface area contributed by atoms with Crippen molar-refractivity contribution < 1.29 is 0 Å². The molecule has 3 aromatic heterocycles. The summed E-state index contributed by atoms with van der Waals surface area (Å²) in [5, 5.41) is 3.22. The Morgan fingerprint density at radius 2 is 2.05 bits per heavy atom. The molecule has 0 atom stereocenters. The number of thiophene rings is 1. The summed E-state index contributed by atoms with van der Waals surface area (Å²) in [6.45, 7) is 4.18. The van der Waals surface area contributed by atoms with Crippen molar-refractivity contribution in [1.29, 1.82) is 0 Å². The Labute approximate surface area is 119 Å².